The van der Waals surface area contributed by atoms with Crippen LogP contribution in [0, 0.1) is 0 Å². The molecule has 0 fully saturated rings. The highest BCUT2D eigenvalue weighted by atomic mass is 16.6. The van der Waals surface area contributed by atoms with E-state index >= 15 is 0 Å². The molecule has 0 aliphatic carbocycles. The Labute approximate surface area is 134 Å². The molecule has 0 N–H and O–H groups in total. The minimum atomic E-state index is -0.834. The van der Waals surface area contributed by atoms with Crippen molar-refractivity contribution in [1.29, 1.82) is 0 Å². The maximum atomic E-state index is 11.5. The van der Waals surface area contributed by atoms with Crippen molar-refractivity contribution in [2.45, 2.75) is 13.0 Å². The second-order valence-electron chi connectivity index (χ2n) is 4.39. The average Bonchev–Trinajstić information content (AvgIpc) is 2.58. The second-order valence-corrected chi connectivity index (χ2v) is 4.39. The predicted molar refractivity (Wildman–Crippen MR) is 82.7 cm³/mol. The number of rotatable bonds is 7. The molecule has 0 aliphatic rings. The molecule has 1 atom stereocenters. The largest absolute Gasteiger partial charge is 0.493 e. The minimum Gasteiger partial charge on any atom is -0.493 e. The number of benzene rings is 1. The molecule has 0 bridgehead atoms. The van der Waals surface area contributed by atoms with Crippen molar-refractivity contribution in [3.05, 3.63) is 23.8 Å². The lowest BCUT2D eigenvalue weighted by molar-refractivity contribution is -0.148. The van der Waals surface area contributed by atoms with Crippen molar-refractivity contribution in [1.82, 2.24) is 0 Å². The van der Waals surface area contributed by atoms with Gasteiger partial charge < -0.3 is 23.7 Å². The van der Waals surface area contributed by atoms with Gasteiger partial charge in [0.05, 0.1) is 28.4 Å². The number of carbonyl (C=O) groups excluding carboxylic acids is 2. The van der Waals surface area contributed by atoms with E-state index in [1.54, 1.807) is 25.1 Å². The molecule has 23 heavy (non-hydrogen) atoms. The van der Waals surface area contributed by atoms with E-state index in [1.807, 2.05) is 0 Å². The summed E-state index contributed by atoms with van der Waals surface area (Å²) in [6, 6.07) is 3.28. The van der Waals surface area contributed by atoms with Gasteiger partial charge in [-0.05, 0) is 30.7 Å². The van der Waals surface area contributed by atoms with Crippen molar-refractivity contribution in [2.24, 2.45) is 0 Å². The highest BCUT2D eigenvalue weighted by Gasteiger charge is 2.21. The van der Waals surface area contributed by atoms with E-state index in [1.165, 1.54) is 34.5 Å². The molecule has 0 saturated carbocycles. The highest BCUT2D eigenvalue weighted by Crippen LogP contribution is 2.39. The molecule has 7 nitrogen and oxygen atoms in total. The summed E-state index contributed by atoms with van der Waals surface area (Å²) in [5.74, 6) is -0.0382. The standard InChI is InChI=1S/C16H20O7/c1-10(16(18)22-5)23-15-12(19-2)8-11(9-13(15)20-3)6-7-14(17)21-4/h6-10H,1-5H3. The van der Waals surface area contributed by atoms with Gasteiger partial charge in [0.2, 0.25) is 5.75 Å². The topological polar surface area (TPSA) is 80.3 Å². The molecular weight excluding hydrogens is 304 g/mol. The molecule has 0 aromatic heterocycles. The Balaban J connectivity index is 3.18. The van der Waals surface area contributed by atoms with Gasteiger partial charge in [-0.2, -0.15) is 0 Å². The summed E-state index contributed by atoms with van der Waals surface area (Å²) in [5.41, 5.74) is 0.641. The first-order chi connectivity index (χ1) is 11.0. The zero-order valence-electron chi connectivity index (χ0n) is 13.7. The van der Waals surface area contributed by atoms with E-state index < -0.39 is 18.0 Å². The Bertz CT molecular complexity index is 567. The average molecular weight is 324 g/mol. The third-order valence-corrected chi connectivity index (χ3v) is 2.92. The Morgan fingerprint density at radius 1 is 1.00 bits per heavy atom. The van der Waals surface area contributed by atoms with Gasteiger partial charge in [-0.3, -0.25) is 0 Å². The van der Waals surface area contributed by atoms with E-state index in [0.717, 1.165) is 0 Å². The van der Waals surface area contributed by atoms with Crippen molar-refractivity contribution in [3.8, 4) is 17.2 Å². The van der Waals surface area contributed by atoms with Crippen LogP contribution in [0.2, 0.25) is 0 Å². The van der Waals surface area contributed by atoms with Crippen molar-refractivity contribution in [3.63, 3.8) is 0 Å². The van der Waals surface area contributed by atoms with Crippen LogP contribution in [0.25, 0.3) is 6.08 Å². The van der Waals surface area contributed by atoms with Gasteiger partial charge in [0.25, 0.3) is 0 Å². The molecule has 1 aromatic rings. The highest BCUT2D eigenvalue weighted by molar-refractivity contribution is 5.87. The van der Waals surface area contributed by atoms with Crippen LogP contribution in [0.5, 0.6) is 17.2 Å². The molecule has 1 rings (SSSR count). The minimum absolute atomic E-state index is 0.267. The Morgan fingerprint density at radius 2 is 1.57 bits per heavy atom. The summed E-state index contributed by atoms with van der Waals surface area (Å²) in [6.07, 6.45) is 1.98. The first-order valence-corrected chi connectivity index (χ1v) is 6.73. The smallest absolute Gasteiger partial charge is 0.346 e. The van der Waals surface area contributed by atoms with Gasteiger partial charge in [-0.15, -0.1) is 0 Å². The number of methoxy groups -OCH3 is 4. The maximum absolute atomic E-state index is 11.5. The summed E-state index contributed by atoms with van der Waals surface area (Å²) in [7, 11) is 5.48. The van der Waals surface area contributed by atoms with Gasteiger partial charge in [0.1, 0.15) is 0 Å². The van der Waals surface area contributed by atoms with Gasteiger partial charge >= 0.3 is 11.9 Å². The van der Waals surface area contributed by atoms with Gasteiger partial charge in [0, 0.05) is 6.08 Å². The molecule has 1 aromatic carbocycles. The molecule has 0 saturated heterocycles. The third-order valence-electron chi connectivity index (χ3n) is 2.92. The molecule has 0 aliphatic heterocycles. The van der Waals surface area contributed by atoms with Gasteiger partial charge in [-0.25, -0.2) is 9.59 Å². The molecular formula is C16H20O7. The fourth-order valence-electron chi connectivity index (χ4n) is 1.74. The summed E-state index contributed by atoms with van der Waals surface area (Å²) in [5, 5.41) is 0. The first-order valence-electron chi connectivity index (χ1n) is 6.73. The van der Waals surface area contributed by atoms with Gasteiger partial charge in [-0.1, -0.05) is 0 Å². The van der Waals surface area contributed by atoms with Crippen LogP contribution in [-0.2, 0) is 19.1 Å². The predicted octanol–water partition coefficient (Wildman–Crippen LogP) is 1.83. The molecule has 0 amide bonds. The zero-order valence-corrected chi connectivity index (χ0v) is 13.7. The van der Waals surface area contributed by atoms with Crippen LogP contribution in [0.3, 0.4) is 0 Å². The van der Waals surface area contributed by atoms with Crippen LogP contribution >= 0.6 is 0 Å². The molecule has 0 heterocycles. The van der Waals surface area contributed by atoms with Crippen LogP contribution < -0.4 is 14.2 Å². The molecule has 1 unspecified atom stereocenters. The van der Waals surface area contributed by atoms with E-state index in [-0.39, 0.29) is 5.75 Å². The summed E-state index contributed by atoms with van der Waals surface area (Å²) in [4.78, 5) is 22.7. The zero-order chi connectivity index (χ0) is 17.4. The number of hydrogen-bond donors (Lipinski definition) is 0. The third kappa shape index (κ3) is 4.91. The van der Waals surface area contributed by atoms with E-state index in [4.69, 9.17) is 14.2 Å². The fourth-order valence-corrected chi connectivity index (χ4v) is 1.74. The van der Waals surface area contributed by atoms with E-state index in [9.17, 15) is 9.59 Å². The summed E-state index contributed by atoms with van der Waals surface area (Å²) >= 11 is 0. The van der Waals surface area contributed by atoms with Crippen molar-refractivity contribution in [2.75, 3.05) is 28.4 Å². The molecule has 126 valence electrons. The Morgan fingerprint density at radius 3 is 2.00 bits per heavy atom. The summed E-state index contributed by atoms with van der Waals surface area (Å²) in [6.45, 7) is 1.55. The van der Waals surface area contributed by atoms with Crippen molar-refractivity contribution < 1.29 is 33.3 Å². The number of carbonyl (C=O) groups is 2. The maximum Gasteiger partial charge on any atom is 0.346 e. The summed E-state index contributed by atoms with van der Waals surface area (Å²) < 4.78 is 25.3. The van der Waals surface area contributed by atoms with E-state index in [0.29, 0.717) is 17.1 Å². The number of esters is 2. The second kappa shape index (κ2) is 8.67. The first kappa shape index (κ1) is 18.3. The Hall–Kier alpha value is -2.70. The lowest BCUT2D eigenvalue weighted by atomic mass is 10.1. The van der Waals surface area contributed by atoms with Crippen LogP contribution in [0.15, 0.2) is 18.2 Å². The molecule has 0 radical (unpaired) electrons. The van der Waals surface area contributed by atoms with Crippen LogP contribution in [-0.4, -0.2) is 46.5 Å². The number of hydrogen-bond acceptors (Lipinski definition) is 7. The van der Waals surface area contributed by atoms with Gasteiger partial charge in [0.15, 0.2) is 17.6 Å². The lowest BCUT2D eigenvalue weighted by Gasteiger charge is -2.18. The quantitative estimate of drug-likeness (QED) is 0.559. The monoisotopic (exact) mass is 324 g/mol. The normalized spacial score (nSPS) is 11.7. The molecule has 7 heteroatoms. The lowest BCUT2D eigenvalue weighted by Crippen LogP contribution is -2.25. The van der Waals surface area contributed by atoms with Crippen molar-refractivity contribution >= 4 is 18.0 Å². The Kier molecular flexibility index (Phi) is 6.92. The fraction of sp³-hybridized carbons (Fsp3) is 0.375. The van der Waals surface area contributed by atoms with Crippen LogP contribution in [0.4, 0.5) is 0 Å². The SMILES string of the molecule is COC(=O)C=Cc1cc(OC)c(OC(C)C(=O)OC)c(OC)c1. The number of ether oxygens (including phenoxy) is 5. The molecule has 0 spiro atoms. The van der Waals surface area contributed by atoms with Crippen LogP contribution in [0.1, 0.15) is 12.5 Å². The van der Waals surface area contributed by atoms with E-state index in [2.05, 4.69) is 9.47 Å².